The summed E-state index contributed by atoms with van der Waals surface area (Å²) in [5, 5.41) is 21.0. The van der Waals surface area contributed by atoms with Gasteiger partial charge in [-0.25, -0.2) is 9.37 Å². The molecule has 1 fully saturated rings. The van der Waals surface area contributed by atoms with Crippen LogP contribution >= 0.6 is 11.3 Å². The normalized spacial score (nSPS) is 17.8. The molecule has 1 saturated heterocycles. The summed E-state index contributed by atoms with van der Waals surface area (Å²) in [5.74, 6) is -2.42. The maximum Gasteiger partial charge on any atom is 0.301 e. The molecule has 0 radical (unpaired) electrons. The molecule has 3 aromatic carbocycles. The molecule has 1 atom stereocenters. The van der Waals surface area contributed by atoms with Gasteiger partial charge >= 0.3 is 5.91 Å². The third-order valence-electron chi connectivity index (χ3n) is 5.52. The second kappa shape index (κ2) is 7.83. The molecule has 0 bridgehead atoms. The largest absolute Gasteiger partial charge is 0.508 e. The van der Waals surface area contributed by atoms with E-state index in [2.05, 4.69) is 4.98 Å². The summed E-state index contributed by atoms with van der Waals surface area (Å²) in [6.07, 6.45) is 0. The lowest BCUT2D eigenvalue weighted by atomic mass is 9.95. The van der Waals surface area contributed by atoms with Crippen LogP contribution in [-0.4, -0.2) is 26.9 Å². The summed E-state index contributed by atoms with van der Waals surface area (Å²) in [5.41, 5.74) is 2.28. The molecule has 5 rings (SSSR count). The predicted molar refractivity (Wildman–Crippen MR) is 124 cm³/mol. The van der Waals surface area contributed by atoms with E-state index >= 15 is 0 Å². The number of phenolic OH excluding ortho intramolecular Hbond substituents is 1. The van der Waals surface area contributed by atoms with Crippen molar-refractivity contribution in [3.8, 4) is 5.75 Å². The van der Waals surface area contributed by atoms with Crippen LogP contribution in [0.2, 0.25) is 0 Å². The van der Waals surface area contributed by atoms with Gasteiger partial charge in [0.1, 0.15) is 17.3 Å². The van der Waals surface area contributed by atoms with Crippen molar-refractivity contribution in [1.82, 2.24) is 4.98 Å². The van der Waals surface area contributed by atoms with Gasteiger partial charge in [0.25, 0.3) is 5.78 Å². The predicted octanol–water partition coefficient (Wildman–Crippen LogP) is 5.08. The number of aromatic hydroxyl groups is 1. The maximum atomic E-state index is 13.7. The van der Waals surface area contributed by atoms with Crippen LogP contribution in [0.4, 0.5) is 9.52 Å². The first-order chi connectivity index (χ1) is 15.8. The van der Waals surface area contributed by atoms with Crippen LogP contribution in [0.25, 0.3) is 16.0 Å². The summed E-state index contributed by atoms with van der Waals surface area (Å²) < 4.78 is 14.2. The van der Waals surface area contributed by atoms with Gasteiger partial charge in [-0.2, -0.15) is 0 Å². The summed E-state index contributed by atoms with van der Waals surface area (Å²) in [6, 6.07) is 16.1. The number of anilines is 1. The number of aryl methyl sites for hydroxylation is 1. The fraction of sp³-hybridized carbons (Fsp3) is 0.0800. The number of fused-ring (bicyclic) bond motifs is 1. The minimum absolute atomic E-state index is 0.0182. The summed E-state index contributed by atoms with van der Waals surface area (Å²) in [6.45, 7) is 1.90. The van der Waals surface area contributed by atoms with Crippen LogP contribution in [-0.2, 0) is 9.59 Å². The Hall–Kier alpha value is -4.04. The van der Waals surface area contributed by atoms with E-state index in [1.165, 1.54) is 35.2 Å². The zero-order valence-electron chi connectivity index (χ0n) is 17.3. The molecule has 0 saturated carbocycles. The molecule has 1 amide bonds. The number of halogens is 1. The van der Waals surface area contributed by atoms with Crippen molar-refractivity contribution in [1.29, 1.82) is 0 Å². The highest BCUT2D eigenvalue weighted by Crippen LogP contribution is 2.44. The number of ketones is 1. The first kappa shape index (κ1) is 20.8. The van der Waals surface area contributed by atoms with E-state index in [-0.39, 0.29) is 22.2 Å². The van der Waals surface area contributed by atoms with E-state index in [0.717, 1.165) is 16.9 Å². The molecule has 1 aromatic heterocycles. The Morgan fingerprint density at radius 3 is 2.42 bits per heavy atom. The number of aliphatic hydroxyl groups excluding tert-OH is 1. The maximum absolute atomic E-state index is 13.7. The Morgan fingerprint density at radius 2 is 1.73 bits per heavy atom. The number of nitrogens with zero attached hydrogens (tertiary/aromatic N) is 2. The molecule has 0 spiro atoms. The van der Waals surface area contributed by atoms with E-state index in [1.807, 2.05) is 6.92 Å². The number of Topliss-reactive ketones (excluding diaryl/α,β-unsaturated/α-hetero) is 1. The molecule has 1 unspecified atom stereocenters. The van der Waals surface area contributed by atoms with Gasteiger partial charge in [-0.1, -0.05) is 53.3 Å². The van der Waals surface area contributed by atoms with Crippen molar-refractivity contribution in [3.05, 3.63) is 94.8 Å². The molecule has 4 aromatic rings. The monoisotopic (exact) mass is 460 g/mol. The fourth-order valence-electron chi connectivity index (χ4n) is 3.86. The third-order valence-corrected chi connectivity index (χ3v) is 6.54. The Morgan fingerprint density at radius 1 is 1.03 bits per heavy atom. The lowest BCUT2D eigenvalue weighted by Gasteiger charge is -2.23. The molecule has 33 heavy (non-hydrogen) atoms. The number of hydrogen-bond donors (Lipinski definition) is 2. The molecule has 6 nitrogen and oxygen atoms in total. The van der Waals surface area contributed by atoms with E-state index in [0.29, 0.717) is 21.3 Å². The molecule has 1 aliphatic rings. The quantitative estimate of drug-likeness (QED) is 0.253. The average molecular weight is 460 g/mol. The van der Waals surface area contributed by atoms with Crippen LogP contribution in [0.1, 0.15) is 22.7 Å². The van der Waals surface area contributed by atoms with Gasteiger partial charge in [0.2, 0.25) is 0 Å². The lowest BCUT2D eigenvalue weighted by Crippen LogP contribution is -2.29. The van der Waals surface area contributed by atoms with Gasteiger partial charge in [0.15, 0.2) is 5.13 Å². The second-order valence-electron chi connectivity index (χ2n) is 7.74. The Kier molecular flexibility index (Phi) is 4.94. The third kappa shape index (κ3) is 3.54. The highest BCUT2D eigenvalue weighted by Gasteiger charge is 2.48. The molecule has 8 heteroatoms. The van der Waals surface area contributed by atoms with Crippen LogP contribution in [0.3, 0.4) is 0 Å². The summed E-state index contributed by atoms with van der Waals surface area (Å²) >= 11 is 1.08. The van der Waals surface area contributed by atoms with Gasteiger partial charge in [-0.3, -0.25) is 14.5 Å². The average Bonchev–Trinajstić information content (AvgIpc) is 3.32. The van der Waals surface area contributed by atoms with Crippen molar-refractivity contribution in [3.63, 3.8) is 0 Å². The highest BCUT2D eigenvalue weighted by atomic mass is 32.1. The number of aliphatic hydroxyl groups is 1. The van der Waals surface area contributed by atoms with Crippen LogP contribution in [0, 0.1) is 12.7 Å². The van der Waals surface area contributed by atoms with Gasteiger partial charge in [0.05, 0.1) is 21.8 Å². The van der Waals surface area contributed by atoms with E-state index in [1.54, 1.807) is 36.4 Å². The van der Waals surface area contributed by atoms with Crippen LogP contribution in [0.15, 0.2) is 72.3 Å². The van der Waals surface area contributed by atoms with Crippen molar-refractivity contribution in [2.24, 2.45) is 0 Å². The fourth-order valence-corrected chi connectivity index (χ4v) is 4.88. The number of carbonyl (C=O) groups is 2. The zero-order valence-corrected chi connectivity index (χ0v) is 18.1. The standard InChI is InChI=1S/C25H17FN2O4S/c1-13-2-4-15(5-3-13)22(30)20-21(14-6-9-17(29)10-7-14)28(24(32)23(20)31)25-27-18-11-8-16(26)12-19(18)33-25/h2-12,21,29-30H,1H3. The van der Waals surface area contributed by atoms with E-state index in [9.17, 15) is 24.2 Å². The van der Waals surface area contributed by atoms with Gasteiger partial charge in [0, 0.05) is 5.56 Å². The Labute approximate surface area is 191 Å². The summed E-state index contributed by atoms with van der Waals surface area (Å²) in [7, 11) is 0. The first-order valence-corrected chi connectivity index (χ1v) is 10.9. The number of rotatable bonds is 3. The molecule has 1 aliphatic heterocycles. The van der Waals surface area contributed by atoms with Gasteiger partial charge in [-0.15, -0.1) is 0 Å². The van der Waals surface area contributed by atoms with E-state index < -0.39 is 23.5 Å². The number of phenols is 1. The number of hydrogen-bond acceptors (Lipinski definition) is 6. The molecular weight excluding hydrogens is 443 g/mol. The number of amides is 1. The van der Waals surface area contributed by atoms with Crippen LogP contribution in [0.5, 0.6) is 5.75 Å². The van der Waals surface area contributed by atoms with Crippen molar-refractivity contribution in [2.45, 2.75) is 13.0 Å². The zero-order chi connectivity index (χ0) is 23.3. The molecular formula is C25H17FN2O4S. The number of carbonyl (C=O) groups excluding carboxylic acids is 2. The van der Waals surface area contributed by atoms with Crippen molar-refractivity contribution in [2.75, 3.05) is 4.90 Å². The molecule has 0 aliphatic carbocycles. The first-order valence-electron chi connectivity index (χ1n) is 10.1. The Balaban J connectivity index is 1.73. The second-order valence-corrected chi connectivity index (χ2v) is 8.74. The highest BCUT2D eigenvalue weighted by molar-refractivity contribution is 7.22. The smallest absolute Gasteiger partial charge is 0.301 e. The SMILES string of the molecule is Cc1ccc(C(O)=C2C(=O)C(=O)N(c3nc4ccc(F)cc4s3)C2c2ccc(O)cc2)cc1. The molecule has 2 heterocycles. The number of aromatic nitrogens is 1. The Bertz CT molecular complexity index is 1440. The van der Waals surface area contributed by atoms with Gasteiger partial charge < -0.3 is 10.2 Å². The summed E-state index contributed by atoms with van der Waals surface area (Å²) in [4.78, 5) is 32.0. The lowest BCUT2D eigenvalue weighted by molar-refractivity contribution is -0.132. The van der Waals surface area contributed by atoms with E-state index in [4.69, 9.17) is 0 Å². The van der Waals surface area contributed by atoms with Gasteiger partial charge in [-0.05, 0) is 42.8 Å². The minimum atomic E-state index is -0.975. The van der Waals surface area contributed by atoms with Crippen molar-refractivity contribution < 1.29 is 24.2 Å². The van der Waals surface area contributed by atoms with Crippen LogP contribution < -0.4 is 4.90 Å². The molecule has 2 N–H and O–H groups in total. The van der Waals surface area contributed by atoms with Crippen molar-refractivity contribution >= 4 is 44.1 Å². The number of benzene rings is 3. The minimum Gasteiger partial charge on any atom is -0.508 e. The topological polar surface area (TPSA) is 90.7 Å². The molecule has 164 valence electrons. The number of thiazole rings is 1.